The summed E-state index contributed by atoms with van der Waals surface area (Å²) in [5.74, 6) is -0.422. The zero-order chi connectivity index (χ0) is 36.4. The maximum absolute atomic E-state index is 12.5. The molecule has 0 aliphatic rings. The number of esters is 2. The minimum absolute atomic E-state index is 0.0801. The lowest BCUT2D eigenvalue weighted by Crippen LogP contribution is -2.30. The van der Waals surface area contributed by atoms with Gasteiger partial charge in [0.1, 0.15) is 6.61 Å². The van der Waals surface area contributed by atoms with Crippen molar-refractivity contribution in [3.63, 3.8) is 0 Å². The summed E-state index contributed by atoms with van der Waals surface area (Å²) in [5, 5.41) is 0. The van der Waals surface area contributed by atoms with Crippen LogP contribution in [0.2, 0.25) is 0 Å². The summed E-state index contributed by atoms with van der Waals surface area (Å²) in [4.78, 5) is 24.9. The molecule has 0 aromatic heterocycles. The van der Waals surface area contributed by atoms with Crippen LogP contribution in [0.25, 0.3) is 0 Å². The largest absolute Gasteiger partial charge is 0.462 e. The summed E-state index contributed by atoms with van der Waals surface area (Å²) in [6.45, 7) is 7.68. The van der Waals surface area contributed by atoms with Gasteiger partial charge in [-0.25, -0.2) is 0 Å². The molecular weight excluding hydrogens is 620 g/mol. The van der Waals surface area contributed by atoms with Gasteiger partial charge in [-0.05, 0) is 70.6 Å². The van der Waals surface area contributed by atoms with Crippen molar-refractivity contribution in [1.82, 2.24) is 0 Å². The number of ether oxygens (including phenoxy) is 3. The lowest BCUT2D eigenvalue weighted by Gasteiger charge is -2.18. The standard InChI is InChI=1S/C45H82O5/c1-4-7-10-13-15-17-19-20-21-22-23-24-25-27-29-31-34-37-40-48-41-43(50-45(47)39-36-32-12-9-6-3)42-49-44(46)38-35-33-30-28-26-18-16-14-11-8-5-2/h14-17,20-21,43H,4-13,18-19,22-42H2,1-3H3/b16-14-,17-15-,21-20-. The first kappa shape index (κ1) is 48.1. The van der Waals surface area contributed by atoms with E-state index in [1.165, 1.54) is 116 Å². The van der Waals surface area contributed by atoms with Gasteiger partial charge in [-0.15, -0.1) is 0 Å². The lowest BCUT2D eigenvalue weighted by atomic mass is 10.1. The Morgan fingerprint density at radius 1 is 0.440 bits per heavy atom. The number of hydrogen-bond donors (Lipinski definition) is 0. The molecule has 0 radical (unpaired) electrons. The molecule has 0 aliphatic heterocycles. The molecule has 0 N–H and O–H groups in total. The first-order chi connectivity index (χ1) is 24.6. The highest BCUT2D eigenvalue weighted by molar-refractivity contribution is 5.70. The Morgan fingerprint density at radius 2 is 0.860 bits per heavy atom. The number of carbonyl (C=O) groups is 2. The highest BCUT2D eigenvalue weighted by atomic mass is 16.6. The SMILES string of the molecule is CCCC/C=C\CCCCCCCC(=O)OCC(COCCCCCCCCCC/C=C\C/C=C\CCCCC)OC(=O)CCCCCCC. The molecule has 0 rings (SSSR count). The molecular formula is C45H82O5. The van der Waals surface area contributed by atoms with Gasteiger partial charge in [0, 0.05) is 19.4 Å². The van der Waals surface area contributed by atoms with Crippen LogP contribution in [0.1, 0.15) is 213 Å². The Balaban J connectivity index is 4.06. The van der Waals surface area contributed by atoms with Crippen molar-refractivity contribution in [1.29, 1.82) is 0 Å². The summed E-state index contributed by atoms with van der Waals surface area (Å²) in [6, 6.07) is 0. The molecule has 5 nitrogen and oxygen atoms in total. The van der Waals surface area contributed by atoms with Crippen LogP contribution in [0.4, 0.5) is 0 Å². The second-order valence-electron chi connectivity index (χ2n) is 14.2. The summed E-state index contributed by atoms with van der Waals surface area (Å²) < 4.78 is 17.1. The Bertz CT molecular complexity index is 801. The molecule has 292 valence electrons. The van der Waals surface area contributed by atoms with Crippen molar-refractivity contribution in [2.45, 2.75) is 219 Å². The molecule has 5 heteroatoms. The van der Waals surface area contributed by atoms with Gasteiger partial charge in [-0.3, -0.25) is 9.59 Å². The van der Waals surface area contributed by atoms with E-state index in [0.29, 0.717) is 19.4 Å². The monoisotopic (exact) mass is 703 g/mol. The molecule has 0 heterocycles. The zero-order valence-electron chi connectivity index (χ0n) is 33.4. The van der Waals surface area contributed by atoms with Crippen molar-refractivity contribution in [3.8, 4) is 0 Å². The third kappa shape index (κ3) is 38.9. The molecule has 0 fully saturated rings. The van der Waals surface area contributed by atoms with E-state index in [1.807, 2.05) is 0 Å². The van der Waals surface area contributed by atoms with Gasteiger partial charge >= 0.3 is 11.9 Å². The van der Waals surface area contributed by atoms with E-state index >= 15 is 0 Å². The van der Waals surface area contributed by atoms with Crippen molar-refractivity contribution >= 4 is 11.9 Å². The Hall–Kier alpha value is -1.88. The van der Waals surface area contributed by atoms with Crippen molar-refractivity contribution in [2.75, 3.05) is 19.8 Å². The van der Waals surface area contributed by atoms with E-state index in [9.17, 15) is 9.59 Å². The first-order valence-corrected chi connectivity index (χ1v) is 21.5. The Labute approximate surface area is 310 Å². The van der Waals surface area contributed by atoms with Gasteiger partial charge in [-0.2, -0.15) is 0 Å². The minimum atomic E-state index is -0.533. The first-order valence-electron chi connectivity index (χ1n) is 21.5. The fourth-order valence-electron chi connectivity index (χ4n) is 5.87. The maximum Gasteiger partial charge on any atom is 0.306 e. The van der Waals surface area contributed by atoms with Crippen LogP contribution in [0.3, 0.4) is 0 Å². The number of rotatable bonds is 39. The van der Waals surface area contributed by atoms with Gasteiger partial charge < -0.3 is 14.2 Å². The Kier molecular flexibility index (Phi) is 40.0. The van der Waals surface area contributed by atoms with Gasteiger partial charge in [0.05, 0.1) is 6.61 Å². The van der Waals surface area contributed by atoms with Crippen LogP contribution in [0, 0.1) is 0 Å². The van der Waals surface area contributed by atoms with E-state index in [1.54, 1.807) is 0 Å². The normalized spacial score (nSPS) is 12.5. The van der Waals surface area contributed by atoms with Crippen LogP contribution in [0.5, 0.6) is 0 Å². The van der Waals surface area contributed by atoms with Crippen LogP contribution in [-0.2, 0) is 23.8 Å². The van der Waals surface area contributed by atoms with E-state index < -0.39 is 6.10 Å². The van der Waals surface area contributed by atoms with Gasteiger partial charge in [-0.1, -0.05) is 166 Å². The average Bonchev–Trinajstić information content (AvgIpc) is 3.11. The molecule has 1 atom stereocenters. The smallest absolute Gasteiger partial charge is 0.306 e. The number of allylic oxidation sites excluding steroid dienone is 6. The summed E-state index contributed by atoms with van der Waals surface area (Å²) >= 11 is 0. The summed E-state index contributed by atoms with van der Waals surface area (Å²) in [6.07, 6.45) is 47.4. The minimum Gasteiger partial charge on any atom is -0.462 e. The van der Waals surface area contributed by atoms with Crippen molar-refractivity contribution in [2.24, 2.45) is 0 Å². The molecule has 0 aliphatic carbocycles. The molecule has 0 aromatic rings. The number of carbonyl (C=O) groups excluding carboxylic acids is 2. The highest BCUT2D eigenvalue weighted by Gasteiger charge is 2.17. The van der Waals surface area contributed by atoms with Crippen LogP contribution in [0.15, 0.2) is 36.5 Å². The van der Waals surface area contributed by atoms with E-state index in [4.69, 9.17) is 14.2 Å². The van der Waals surface area contributed by atoms with E-state index in [-0.39, 0.29) is 25.2 Å². The van der Waals surface area contributed by atoms with Crippen molar-refractivity contribution < 1.29 is 23.8 Å². The predicted octanol–water partition coefficient (Wildman–Crippen LogP) is 13.9. The number of unbranched alkanes of at least 4 members (excludes halogenated alkanes) is 22. The molecule has 0 bridgehead atoms. The third-order valence-corrected chi connectivity index (χ3v) is 9.15. The fourth-order valence-corrected chi connectivity index (χ4v) is 5.87. The van der Waals surface area contributed by atoms with Gasteiger partial charge in [0.2, 0.25) is 0 Å². The molecule has 50 heavy (non-hydrogen) atoms. The van der Waals surface area contributed by atoms with E-state index in [0.717, 1.165) is 64.2 Å². The average molecular weight is 703 g/mol. The van der Waals surface area contributed by atoms with Crippen molar-refractivity contribution in [3.05, 3.63) is 36.5 Å². The third-order valence-electron chi connectivity index (χ3n) is 9.15. The molecule has 0 saturated heterocycles. The second kappa shape index (κ2) is 41.5. The molecule has 0 amide bonds. The summed E-state index contributed by atoms with van der Waals surface area (Å²) in [7, 11) is 0. The van der Waals surface area contributed by atoms with Crippen LogP contribution >= 0.6 is 0 Å². The Morgan fingerprint density at radius 3 is 1.44 bits per heavy atom. The molecule has 1 unspecified atom stereocenters. The van der Waals surface area contributed by atoms with E-state index in [2.05, 4.69) is 57.2 Å². The quantitative estimate of drug-likeness (QED) is 0.0362. The van der Waals surface area contributed by atoms with Gasteiger partial charge in [0.25, 0.3) is 0 Å². The zero-order valence-corrected chi connectivity index (χ0v) is 33.4. The molecule has 0 spiro atoms. The van der Waals surface area contributed by atoms with Gasteiger partial charge in [0.15, 0.2) is 6.10 Å². The topological polar surface area (TPSA) is 61.8 Å². The predicted molar refractivity (Wildman–Crippen MR) is 215 cm³/mol. The number of hydrogen-bond acceptors (Lipinski definition) is 5. The second-order valence-corrected chi connectivity index (χ2v) is 14.2. The van der Waals surface area contributed by atoms with Crippen LogP contribution in [-0.4, -0.2) is 37.9 Å². The highest BCUT2D eigenvalue weighted by Crippen LogP contribution is 2.13. The fraction of sp³-hybridized carbons (Fsp3) is 0.822. The lowest BCUT2D eigenvalue weighted by molar-refractivity contribution is -0.163. The van der Waals surface area contributed by atoms with Crippen LogP contribution < -0.4 is 0 Å². The molecule has 0 saturated carbocycles. The molecule has 0 aromatic carbocycles. The summed E-state index contributed by atoms with van der Waals surface area (Å²) in [5.41, 5.74) is 0. The maximum atomic E-state index is 12.5.